The van der Waals surface area contributed by atoms with E-state index in [9.17, 15) is 13.2 Å². The van der Waals surface area contributed by atoms with E-state index in [4.69, 9.17) is 0 Å². The molecule has 0 N–H and O–H groups in total. The fourth-order valence-electron chi connectivity index (χ4n) is 3.26. The van der Waals surface area contributed by atoms with Gasteiger partial charge in [0.15, 0.2) is 0 Å². The summed E-state index contributed by atoms with van der Waals surface area (Å²) in [5.41, 5.74) is 1.26. The van der Waals surface area contributed by atoms with Gasteiger partial charge in [0, 0.05) is 26.2 Å². The Kier molecular flexibility index (Phi) is 4.23. The smallest absolute Gasteiger partial charge is 0.226 e. The second-order valence-electron chi connectivity index (χ2n) is 7.06. The molecule has 0 unspecified atom stereocenters. The van der Waals surface area contributed by atoms with Gasteiger partial charge in [0.25, 0.3) is 0 Å². The number of carbonyl (C=O) groups excluding carboxylic acids is 1. The van der Waals surface area contributed by atoms with Crippen molar-refractivity contribution in [1.29, 1.82) is 0 Å². The third kappa shape index (κ3) is 3.31. The first-order valence-electron chi connectivity index (χ1n) is 7.44. The molecule has 1 saturated carbocycles. The van der Waals surface area contributed by atoms with Gasteiger partial charge in [-0.3, -0.25) is 4.79 Å². The van der Waals surface area contributed by atoms with Crippen molar-refractivity contribution in [2.75, 3.05) is 32.4 Å². The maximum atomic E-state index is 12.7. The Balaban J connectivity index is 1.99. The Labute approximate surface area is 128 Å². The van der Waals surface area contributed by atoms with Crippen LogP contribution in [0.4, 0.5) is 0 Å². The lowest BCUT2D eigenvalue weighted by atomic mass is 10.1. The Bertz CT molecular complexity index is 553. The Hall–Kier alpha value is -0.880. The summed E-state index contributed by atoms with van der Waals surface area (Å²) in [6.45, 7) is 10.2. The largest absolute Gasteiger partial charge is 0.340 e. The molecule has 1 heterocycles. The van der Waals surface area contributed by atoms with Crippen LogP contribution < -0.4 is 0 Å². The number of hydrogen-bond donors (Lipinski definition) is 0. The minimum absolute atomic E-state index is 0.0162. The summed E-state index contributed by atoms with van der Waals surface area (Å²) in [4.78, 5) is 14.5. The zero-order chi connectivity index (χ0) is 16.0. The number of nitrogens with zero attached hydrogens (tertiary/aromatic N) is 2. The number of sulfonamides is 1. The number of allylic oxidation sites excluding steroid dienone is 2. The highest BCUT2D eigenvalue weighted by Gasteiger charge is 2.61. The third-order valence-electron chi connectivity index (χ3n) is 4.71. The van der Waals surface area contributed by atoms with Gasteiger partial charge in [0.2, 0.25) is 15.9 Å². The maximum Gasteiger partial charge on any atom is 0.226 e. The zero-order valence-corrected chi connectivity index (χ0v) is 14.4. The SMILES string of the molecule is CC(C)=C[C@@H]1[C@@H](C(=O)N2CCN(S(C)(=O)=O)CC2)C1(C)C. The lowest BCUT2D eigenvalue weighted by Crippen LogP contribution is -2.51. The summed E-state index contributed by atoms with van der Waals surface area (Å²) in [5, 5.41) is 0. The second-order valence-corrected chi connectivity index (χ2v) is 9.04. The minimum Gasteiger partial charge on any atom is -0.340 e. The fourth-order valence-corrected chi connectivity index (χ4v) is 4.08. The van der Waals surface area contributed by atoms with Gasteiger partial charge < -0.3 is 4.90 Å². The van der Waals surface area contributed by atoms with E-state index < -0.39 is 10.0 Å². The fraction of sp³-hybridized carbons (Fsp3) is 0.800. The summed E-state index contributed by atoms with van der Waals surface area (Å²) >= 11 is 0. The average molecular weight is 314 g/mol. The molecule has 2 atom stereocenters. The normalized spacial score (nSPS) is 29.1. The molecule has 0 aromatic rings. The molecule has 2 rings (SSSR count). The van der Waals surface area contributed by atoms with E-state index in [1.54, 1.807) is 0 Å². The van der Waals surface area contributed by atoms with Crippen LogP contribution in [-0.4, -0.2) is 56.0 Å². The highest BCUT2D eigenvalue weighted by molar-refractivity contribution is 7.88. The van der Waals surface area contributed by atoms with E-state index in [0.29, 0.717) is 32.1 Å². The molecule has 6 heteroatoms. The molecule has 5 nitrogen and oxygen atoms in total. The van der Waals surface area contributed by atoms with Crippen molar-refractivity contribution in [1.82, 2.24) is 9.21 Å². The van der Waals surface area contributed by atoms with Crippen molar-refractivity contribution in [3.63, 3.8) is 0 Å². The van der Waals surface area contributed by atoms with Gasteiger partial charge in [0.1, 0.15) is 0 Å². The first-order chi connectivity index (χ1) is 9.55. The van der Waals surface area contributed by atoms with Crippen molar-refractivity contribution < 1.29 is 13.2 Å². The summed E-state index contributed by atoms with van der Waals surface area (Å²) in [6, 6.07) is 0. The van der Waals surface area contributed by atoms with Gasteiger partial charge in [0.05, 0.1) is 12.2 Å². The molecule has 1 amide bonds. The zero-order valence-electron chi connectivity index (χ0n) is 13.6. The van der Waals surface area contributed by atoms with Crippen LogP contribution in [0.25, 0.3) is 0 Å². The van der Waals surface area contributed by atoms with Crippen LogP contribution in [0.5, 0.6) is 0 Å². The first-order valence-corrected chi connectivity index (χ1v) is 9.29. The maximum absolute atomic E-state index is 12.7. The lowest BCUT2D eigenvalue weighted by molar-refractivity contribution is -0.134. The molecule has 1 aliphatic carbocycles. The standard InChI is InChI=1S/C15H26N2O3S/c1-11(2)10-12-13(15(12,3)4)14(18)16-6-8-17(9-7-16)21(5,19)20/h10,12-13H,6-9H2,1-5H3/t12-,13+/m1/s1. The number of rotatable bonds is 3. The number of piperazine rings is 1. The van der Waals surface area contributed by atoms with Crippen LogP contribution in [-0.2, 0) is 14.8 Å². The predicted octanol–water partition coefficient (Wildman–Crippen LogP) is 1.33. The van der Waals surface area contributed by atoms with Crippen LogP contribution in [0.3, 0.4) is 0 Å². The Morgan fingerprint density at radius 1 is 1.14 bits per heavy atom. The van der Waals surface area contributed by atoms with Crippen LogP contribution in [0.2, 0.25) is 0 Å². The summed E-state index contributed by atoms with van der Waals surface area (Å²) in [5.74, 6) is 0.524. The van der Waals surface area contributed by atoms with Gasteiger partial charge in [-0.2, -0.15) is 4.31 Å². The van der Waals surface area contributed by atoms with E-state index in [0.717, 1.165) is 0 Å². The summed E-state index contributed by atoms with van der Waals surface area (Å²) < 4.78 is 24.4. The number of hydrogen-bond acceptors (Lipinski definition) is 3. The predicted molar refractivity (Wildman–Crippen MR) is 83.2 cm³/mol. The lowest BCUT2D eigenvalue weighted by Gasteiger charge is -2.33. The molecular weight excluding hydrogens is 288 g/mol. The van der Waals surface area contributed by atoms with Crippen LogP contribution >= 0.6 is 0 Å². The van der Waals surface area contributed by atoms with Gasteiger partial charge in [-0.25, -0.2) is 8.42 Å². The number of carbonyl (C=O) groups is 1. The van der Waals surface area contributed by atoms with Gasteiger partial charge in [-0.1, -0.05) is 25.5 Å². The van der Waals surface area contributed by atoms with Gasteiger partial charge in [-0.15, -0.1) is 0 Å². The minimum atomic E-state index is -3.14. The van der Waals surface area contributed by atoms with Crippen molar-refractivity contribution in [2.45, 2.75) is 27.7 Å². The molecule has 1 aliphatic heterocycles. The van der Waals surface area contributed by atoms with E-state index in [2.05, 4.69) is 33.8 Å². The van der Waals surface area contributed by atoms with Crippen LogP contribution in [0, 0.1) is 17.3 Å². The van der Waals surface area contributed by atoms with E-state index in [-0.39, 0.29) is 17.2 Å². The van der Waals surface area contributed by atoms with Crippen molar-refractivity contribution in [3.8, 4) is 0 Å². The molecule has 0 spiro atoms. The molecule has 1 saturated heterocycles. The molecular formula is C15H26N2O3S. The quantitative estimate of drug-likeness (QED) is 0.739. The Morgan fingerprint density at radius 2 is 1.67 bits per heavy atom. The molecule has 0 radical (unpaired) electrons. The van der Waals surface area contributed by atoms with Crippen molar-refractivity contribution >= 4 is 15.9 Å². The van der Waals surface area contributed by atoms with Crippen LogP contribution in [0.1, 0.15) is 27.7 Å². The Morgan fingerprint density at radius 3 is 2.10 bits per heavy atom. The first kappa shape index (κ1) is 16.5. The van der Waals surface area contributed by atoms with Crippen molar-refractivity contribution in [2.24, 2.45) is 17.3 Å². The molecule has 21 heavy (non-hydrogen) atoms. The topological polar surface area (TPSA) is 57.7 Å². The van der Waals surface area contributed by atoms with Crippen molar-refractivity contribution in [3.05, 3.63) is 11.6 Å². The number of amides is 1. The van der Waals surface area contributed by atoms with E-state index in [1.807, 2.05) is 4.90 Å². The molecule has 120 valence electrons. The third-order valence-corrected chi connectivity index (χ3v) is 6.01. The summed E-state index contributed by atoms with van der Waals surface area (Å²) in [7, 11) is -3.14. The second kappa shape index (κ2) is 5.39. The van der Waals surface area contributed by atoms with Crippen LogP contribution in [0.15, 0.2) is 11.6 Å². The monoisotopic (exact) mass is 314 g/mol. The molecule has 0 aromatic carbocycles. The highest BCUT2D eigenvalue weighted by Crippen LogP contribution is 2.60. The molecule has 2 fully saturated rings. The van der Waals surface area contributed by atoms with Gasteiger partial charge in [-0.05, 0) is 25.2 Å². The molecule has 0 bridgehead atoms. The van der Waals surface area contributed by atoms with E-state index in [1.165, 1.54) is 16.1 Å². The highest BCUT2D eigenvalue weighted by atomic mass is 32.2. The average Bonchev–Trinajstić information content (AvgIpc) is 2.88. The molecule has 2 aliphatic rings. The molecule has 0 aromatic heterocycles. The summed E-state index contributed by atoms with van der Waals surface area (Å²) in [6.07, 6.45) is 3.41. The van der Waals surface area contributed by atoms with E-state index >= 15 is 0 Å². The van der Waals surface area contributed by atoms with Gasteiger partial charge >= 0.3 is 0 Å².